The van der Waals surface area contributed by atoms with Gasteiger partial charge in [0, 0.05) is 17.7 Å². The number of rotatable bonds is 6. The molecule has 2 aromatic heterocycles. The lowest BCUT2D eigenvalue weighted by atomic mass is 10.0. The van der Waals surface area contributed by atoms with Crippen molar-refractivity contribution in [2.75, 3.05) is 4.72 Å². The van der Waals surface area contributed by atoms with E-state index in [1.54, 1.807) is 6.07 Å². The standard InChI is InChI=1S/C23H24N4O2S/c1-4-21-25-22-15(2)13-16(3)24-23(22)27(21)14-17-9-11-18(12-10-17)19-7-5-6-8-20(19)26-30(28)29/h5-13,26H,4,14H2,1-3H3,(H,28,29). The van der Waals surface area contributed by atoms with Crippen LogP contribution < -0.4 is 4.72 Å². The number of aromatic nitrogens is 3. The molecule has 0 radical (unpaired) electrons. The van der Waals surface area contributed by atoms with Crippen molar-refractivity contribution in [3.8, 4) is 11.1 Å². The van der Waals surface area contributed by atoms with E-state index in [0.717, 1.165) is 51.4 Å². The summed E-state index contributed by atoms with van der Waals surface area (Å²) in [6.45, 7) is 6.89. The molecule has 0 spiro atoms. The predicted octanol–water partition coefficient (Wildman–Crippen LogP) is 4.87. The van der Waals surface area contributed by atoms with Gasteiger partial charge in [0.25, 0.3) is 11.3 Å². The first-order valence-electron chi connectivity index (χ1n) is 9.85. The second kappa shape index (κ2) is 8.38. The van der Waals surface area contributed by atoms with Gasteiger partial charge in [0.2, 0.25) is 0 Å². The van der Waals surface area contributed by atoms with Crippen LogP contribution in [0.1, 0.15) is 29.6 Å². The van der Waals surface area contributed by atoms with Gasteiger partial charge in [-0.1, -0.05) is 49.4 Å². The first-order chi connectivity index (χ1) is 14.5. The molecule has 0 saturated carbocycles. The third-order valence-corrected chi connectivity index (χ3v) is 5.54. The first kappa shape index (κ1) is 20.3. The number of aryl methyl sites for hydroxylation is 3. The highest BCUT2D eigenvalue weighted by Crippen LogP contribution is 2.29. The lowest BCUT2D eigenvalue weighted by Crippen LogP contribution is -2.06. The summed E-state index contributed by atoms with van der Waals surface area (Å²) in [6, 6.07) is 17.8. The van der Waals surface area contributed by atoms with Crippen LogP contribution in [0.15, 0.2) is 54.6 Å². The van der Waals surface area contributed by atoms with Crippen LogP contribution in [0, 0.1) is 13.8 Å². The van der Waals surface area contributed by atoms with Crippen molar-refractivity contribution < 1.29 is 8.76 Å². The summed E-state index contributed by atoms with van der Waals surface area (Å²) < 4.78 is 25.1. The van der Waals surface area contributed by atoms with E-state index in [1.165, 1.54) is 0 Å². The van der Waals surface area contributed by atoms with Crippen LogP contribution >= 0.6 is 0 Å². The highest BCUT2D eigenvalue weighted by molar-refractivity contribution is 7.80. The number of imidazole rings is 1. The molecule has 0 aliphatic heterocycles. The maximum absolute atomic E-state index is 11.2. The Morgan fingerprint density at radius 2 is 1.80 bits per heavy atom. The van der Waals surface area contributed by atoms with E-state index >= 15 is 0 Å². The Morgan fingerprint density at radius 1 is 1.07 bits per heavy atom. The summed E-state index contributed by atoms with van der Waals surface area (Å²) >= 11 is -2.12. The van der Waals surface area contributed by atoms with Gasteiger partial charge in [0.1, 0.15) is 11.3 Å². The Labute approximate surface area is 178 Å². The maximum Gasteiger partial charge on any atom is 0.259 e. The quantitative estimate of drug-likeness (QED) is 0.436. The minimum atomic E-state index is -2.12. The summed E-state index contributed by atoms with van der Waals surface area (Å²) in [5.74, 6) is 1.02. The molecule has 0 bridgehead atoms. The first-order valence-corrected chi connectivity index (χ1v) is 11.0. The third-order valence-electron chi connectivity index (χ3n) is 5.15. The molecule has 0 amide bonds. The average molecular weight is 421 g/mol. The molecule has 154 valence electrons. The molecule has 6 nitrogen and oxygen atoms in total. The zero-order valence-electron chi connectivity index (χ0n) is 17.2. The number of pyridine rings is 1. The molecular weight excluding hydrogens is 396 g/mol. The van der Waals surface area contributed by atoms with Crippen molar-refractivity contribution in [1.29, 1.82) is 0 Å². The summed E-state index contributed by atoms with van der Waals surface area (Å²) in [4.78, 5) is 9.56. The molecular formula is C23H24N4O2S. The molecule has 0 saturated heterocycles. The molecule has 2 N–H and O–H groups in total. The van der Waals surface area contributed by atoms with Crippen molar-refractivity contribution in [3.05, 3.63) is 77.2 Å². The van der Waals surface area contributed by atoms with Crippen molar-refractivity contribution in [2.24, 2.45) is 0 Å². The van der Waals surface area contributed by atoms with Gasteiger partial charge in [0.05, 0.1) is 12.2 Å². The smallest absolute Gasteiger partial charge is 0.259 e. The van der Waals surface area contributed by atoms with Gasteiger partial charge in [-0.15, -0.1) is 0 Å². The number of nitrogens with zero attached hydrogens (tertiary/aromatic N) is 3. The lowest BCUT2D eigenvalue weighted by Gasteiger charge is -2.12. The Hall–Kier alpha value is -3.03. The van der Waals surface area contributed by atoms with Gasteiger partial charge >= 0.3 is 0 Å². The van der Waals surface area contributed by atoms with E-state index in [2.05, 4.69) is 41.3 Å². The molecule has 0 fully saturated rings. The van der Waals surface area contributed by atoms with E-state index < -0.39 is 11.3 Å². The summed E-state index contributed by atoms with van der Waals surface area (Å²) in [5, 5.41) is 0. The Morgan fingerprint density at radius 3 is 2.50 bits per heavy atom. The topological polar surface area (TPSA) is 80.0 Å². The SMILES string of the molecule is CCc1nc2c(C)cc(C)nc2n1Cc1ccc(-c2ccccc2NS(=O)O)cc1. The monoisotopic (exact) mass is 420 g/mol. The molecule has 2 heterocycles. The molecule has 7 heteroatoms. The van der Waals surface area contributed by atoms with E-state index in [0.29, 0.717) is 12.2 Å². The fourth-order valence-electron chi connectivity index (χ4n) is 3.77. The number of para-hydroxylation sites is 1. The van der Waals surface area contributed by atoms with Crippen LogP contribution in [0.3, 0.4) is 0 Å². The fourth-order valence-corrected chi connectivity index (χ4v) is 4.14. The Balaban J connectivity index is 1.68. The predicted molar refractivity (Wildman–Crippen MR) is 122 cm³/mol. The minimum absolute atomic E-state index is 0.620. The van der Waals surface area contributed by atoms with Crippen LogP contribution in [0.4, 0.5) is 5.69 Å². The van der Waals surface area contributed by atoms with Crippen LogP contribution in [0.2, 0.25) is 0 Å². The van der Waals surface area contributed by atoms with Crippen LogP contribution in [-0.2, 0) is 24.2 Å². The molecule has 0 aliphatic rings. The van der Waals surface area contributed by atoms with Gasteiger partial charge in [-0.2, -0.15) is 0 Å². The van der Waals surface area contributed by atoms with E-state index in [9.17, 15) is 8.76 Å². The number of fused-ring (bicyclic) bond motifs is 1. The Bertz CT molecular complexity index is 1230. The molecule has 4 rings (SSSR count). The van der Waals surface area contributed by atoms with Gasteiger partial charge in [-0.25, -0.2) is 14.2 Å². The second-order valence-corrected chi connectivity index (χ2v) is 8.02. The highest BCUT2D eigenvalue weighted by atomic mass is 32.2. The summed E-state index contributed by atoms with van der Waals surface area (Å²) in [7, 11) is 0. The lowest BCUT2D eigenvalue weighted by molar-refractivity contribution is 0.570. The average Bonchev–Trinajstić information content (AvgIpc) is 3.06. The second-order valence-electron chi connectivity index (χ2n) is 7.31. The van der Waals surface area contributed by atoms with Gasteiger partial charge in [0.15, 0.2) is 5.65 Å². The van der Waals surface area contributed by atoms with E-state index in [1.807, 2.05) is 37.3 Å². The van der Waals surface area contributed by atoms with Crippen LogP contribution in [-0.4, -0.2) is 23.3 Å². The number of anilines is 1. The normalized spacial score (nSPS) is 12.3. The van der Waals surface area contributed by atoms with Crippen molar-refractivity contribution >= 4 is 28.1 Å². The minimum Gasteiger partial charge on any atom is -0.308 e. The van der Waals surface area contributed by atoms with Crippen LogP contribution in [0.25, 0.3) is 22.3 Å². The van der Waals surface area contributed by atoms with E-state index in [4.69, 9.17) is 9.97 Å². The van der Waals surface area contributed by atoms with Gasteiger partial charge in [-0.3, -0.25) is 9.27 Å². The van der Waals surface area contributed by atoms with E-state index in [-0.39, 0.29) is 0 Å². The van der Waals surface area contributed by atoms with Gasteiger partial charge in [-0.05, 0) is 42.7 Å². The fraction of sp³-hybridized carbons (Fsp3) is 0.217. The number of hydrogen-bond donors (Lipinski definition) is 2. The van der Waals surface area contributed by atoms with Crippen molar-refractivity contribution in [2.45, 2.75) is 33.7 Å². The van der Waals surface area contributed by atoms with Crippen molar-refractivity contribution in [1.82, 2.24) is 14.5 Å². The molecule has 2 aromatic carbocycles. The molecule has 30 heavy (non-hydrogen) atoms. The third kappa shape index (κ3) is 3.99. The zero-order valence-corrected chi connectivity index (χ0v) is 18.0. The summed E-state index contributed by atoms with van der Waals surface area (Å²) in [5.41, 5.74) is 7.64. The largest absolute Gasteiger partial charge is 0.308 e. The van der Waals surface area contributed by atoms with Crippen LogP contribution in [0.5, 0.6) is 0 Å². The highest BCUT2D eigenvalue weighted by Gasteiger charge is 2.14. The number of hydrogen-bond acceptors (Lipinski definition) is 3. The molecule has 1 unspecified atom stereocenters. The number of benzene rings is 2. The van der Waals surface area contributed by atoms with Crippen molar-refractivity contribution in [3.63, 3.8) is 0 Å². The molecule has 0 aliphatic carbocycles. The molecule has 4 aromatic rings. The Kier molecular flexibility index (Phi) is 5.65. The molecule has 1 atom stereocenters. The maximum atomic E-state index is 11.2. The zero-order chi connectivity index (χ0) is 21.3. The number of nitrogens with one attached hydrogen (secondary N) is 1. The van der Waals surface area contributed by atoms with Gasteiger partial charge < -0.3 is 4.57 Å². The summed E-state index contributed by atoms with van der Waals surface area (Å²) in [6.07, 6.45) is 0.838.